The van der Waals surface area contributed by atoms with Gasteiger partial charge in [-0.2, -0.15) is 0 Å². The Kier molecular flexibility index (Phi) is 3.18. The molecule has 0 saturated carbocycles. The normalized spacial score (nSPS) is 15.3. The Bertz CT molecular complexity index is 407. The SMILES string of the molecule is CC/C(=C\C(C)(C)C)B1Oc2ccccc2O1. The lowest BCUT2D eigenvalue weighted by Crippen LogP contribution is -2.28. The van der Waals surface area contributed by atoms with E-state index in [1.165, 1.54) is 5.47 Å². The van der Waals surface area contributed by atoms with Crippen LogP contribution in [-0.2, 0) is 0 Å². The monoisotopic (exact) mass is 230 g/mol. The van der Waals surface area contributed by atoms with Gasteiger partial charge in [0.1, 0.15) is 11.5 Å². The third kappa shape index (κ3) is 2.84. The molecule has 0 spiro atoms. The minimum absolute atomic E-state index is 0.146. The van der Waals surface area contributed by atoms with Gasteiger partial charge in [0.2, 0.25) is 0 Å². The van der Waals surface area contributed by atoms with Crippen molar-refractivity contribution in [2.45, 2.75) is 34.1 Å². The first-order chi connectivity index (χ1) is 7.99. The van der Waals surface area contributed by atoms with Gasteiger partial charge >= 0.3 is 7.12 Å². The molecular weight excluding hydrogens is 211 g/mol. The summed E-state index contributed by atoms with van der Waals surface area (Å²) < 4.78 is 11.6. The first-order valence-electron chi connectivity index (χ1n) is 6.13. The van der Waals surface area contributed by atoms with Crippen LogP contribution in [0.2, 0.25) is 0 Å². The zero-order valence-corrected chi connectivity index (χ0v) is 11.0. The van der Waals surface area contributed by atoms with Crippen LogP contribution < -0.4 is 9.31 Å². The molecule has 2 nitrogen and oxygen atoms in total. The van der Waals surface area contributed by atoms with E-state index in [1.54, 1.807) is 0 Å². The fourth-order valence-electron chi connectivity index (χ4n) is 1.94. The molecule has 90 valence electrons. The molecule has 0 radical (unpaired) electrons. The minimum Gasteiger partial charge on any atom is -0.519 e. The molecule has 0 aromatic heterocycles. The van der Waals surface area contributed by atoms with Crippen molar-refractivity contribution in [2.24, 2.45) is 5.41 Å². The van der Waals surface area contributed by atoms with Crippen LogP contribution >= 0.6 is 0 Å². The number of hydrogen-bond donors (Lipinski definition) is 0. The quantitative estimate of drug-likeness (QED) is 0.718. The summed E-state index contributed by atoms with van der Waals surface area (Å²) in [5.41, 5.74) is 1.35. The largest absolute Gasteiger partial charge is 0.628 e. The molecule has 0 bridgehead atoms. The van der Waals surface area contributed by atoms with Crippen molar-refractivity contribution in [2.75, 3.05) is 0 Å². The molecule has 1 aliphatic rings. The van der Waals surface area contributed by atoms with E-state index in [2.05, 4.69) is 33.8 Å². The van der Waals surface area contributed by atoms with Gasteiger partial charge in [0.25, 0.3) is 0 Å². The second-order valence-electron chi connectivity index (χ2n) is 5.45. The summed E-state index contributed by atoms with van der Waals surface area (Å²) in [4.78, 5) is 0. The standard InChI is InChI=1S/C14H19BO2/c1-5-11(10-14(2,3)4)15-16-12-8-6-7-9-13(12)17-15/h6-10H,5H2,1-4H3/b11-10+. The lowest BCUT2D eigenvalue weighted by atomic mass is 9.73. The van der Waals surface area contributed by atoms with Crippen LogP contribution in [0.15, 0.2) is 35.8 Å². The number of para-hydroxylation sites is 2. The maximum absolute atomic E-state index is 5.82. The molecule has 3 heteroatoms. The van der Waals surface area contributed by atoms with Gasteiger partial charge in [-0.1, -0.05) is 45.9 Å². The van der Waals surface area contributed by atoms with Crippen molar-refractivity contribution >= 4 is 7.12 Å². The molecule has 17 heavy (non-hydrogen) atoms. The summed E-state index contributed by atoms with van der Waals surface area (Å²) >= 11 is 0. The van der Waals surface area contributed by atoms with Gasteiger partial charge in [-0.05, 0) is 29.4 Å². The molecule has 0 unspecified atom stereocenters. The maximum Gasteiger partial charge on any atom is 0.628 e. The first-order valence-corrected chi connectivity index (χ1v) is 6.13. The van der Waals surface area contributed by atoms with E-state index in [9.17, 15) is 0 Å². The number of hydrogen-bond acceptors (Lipinski definition) is 2. The van der Waals surface area contributed by atoms with Crippen molar-refractivity contribution in [3.8, 4) is 11.5 Å². The minimum atomic E-state index is -0.253. The fourth-order valence-corrected chi connectivity index (χ4v) is 1.94. The Labute approximate surface area is 104 Å². The van der Waals surface area contributed by atoms with Crippen molar-refractivity contribution in [1.29, 1.82) is 0 Å². The van der Waals surface area contributed by atoms with Crippen LogP contribution in [0, 0.1) is 5.41 Å². The summed E-state index contributed by atoms with van der Waals surface area (Å²) in [6.07, 6.45) is 3.18. The van der Waals surface area contributed by atoms with Crippen LogP contribution in [-0.4, -0.2) is 7.12 Å². The lowest BCUT2D eigenvalue weighted by molar-refractivity contribution is 0.498. The molecule has 0 N–H and O–H groups in total. The summed E-state index contributed by atoms with van der Waals surface area (Å²) in [6, 6.07) is 7.81. The molecule has 1 aromatic rings. The maximum atomic E-state index is 5.82. The molecule has 2 rings (SSSR count). The molecule has 0 fully saturated rings. The average molecular weight is 230 g/mol. The van der Waals surface area contributed by atoms with Gasteiger partial charge in [0.05, 0.1) is 0 Å². The van der Waals surface area contributed by atoms with E-state index in [-0.39, 0.29) is 12.5 Å². The van der Waals surface area contributed by atoms with Crippen molar-refractivity contribution in [3.05, 3.63) is 35.8 Å². The highest BCUT2D eigenvalue weighted by molar-refractivity contribution is 6.56. The molecule has 0 aliphatic carbocycles. The van der Waals surface area contributed by atoms with Crippen molar-refractivity contribution in [1.82, 2.24) is 0 Å². The second kappa shape index (κ2) is 4.48. The predicted octanol–water partition coefficient (Wildman–Crippen LogP) is 3.87. The van der Waals surface area contributed by atoms with Gasteiger partial charge in [0.15, 0.2) is 0 Å². The second-order valence-corrected chi connectivity index (χ2v) is 5.45. The third-order valence-corrected chi connectivity index (χ3v) is 2.65. The molecule has 0 amide bonds. The smallest absolute Gasteiger partial charge is 0.519 e. The van der Waals surface area contributed by atoms with Crippen molar-refractivity contribution < 1.29 is 9.31 Å². The zero-order chi connectivity index (χ0) is 12.5. The number of allylic oxidation sites excluding steroid dienone is 2. The number of benzene rings is 1. The molecule has 1 aromatic carbocycles. The lowest BCUT2D eigenvalue weighted by Gasteiger charge is -2.16. The Balaban J connectivity index is 2.19. The van der Waals surface area contributed by atoms with E-state index in [4.69, 9.17) is 9.31 Å². The first kappa shape index (κ1) is 12.1. The van der Waals surface area contributed by atoms with Gasteiger partial charge < -0.3 is 9.31 Å². The highest BCUT2D eigenvalue weighted by atomic mass is 16.6. The highest BCUT2D eigenvalue weighted by Gasteiger charge is 2.35. The van der Waals surface area contributed by atoms with Crippen LogP contribution in [0.1, 0.15) is 34.1 Å². The van der Waals surface area contributed by atoms with E-state index < -0.39 is 0 Å². The molecular formula is C14H19BO2. The highest BCUT2D eigenvalue weighted by Crippen LogP contribution is 2.35. The zero-order valence-electron chi connectivity index (χ0n) is 11.0. The van der Waals surface area contributed by atoms with E-state index in [0.29, 0.717) is 0 Å². The van der Waals surface area contributed by atoms with Crippen LogP contribution in [0.25, 0.3) is 0 Å². The van der Waals surface area contributed by atoms with E-state index in [0.717, 1.165) is 17.9 Å². The van der Waals surface area contributed by atoms with Crippen molar-refractivity contribution in [3.63, 3.8) is 0 Å². The van der Waals surface area contributed by atoms with Gasteiger partial charge in [-0.3, -0.25) is 0 Å². The van der Waals surface area contributed by atoms with Crippen LogP contribution in [0.3, 0.4) is 0 Å². The average Bonchev–Trinajstić information content (AvgIpc) is 2.67. The Morgan fingerprint density at radius 3 is 2.12 bits per heavy atom. The fraction of sp³-hybridized carbons (Fsp3) is 0.429. The van der Waals surface area contributed by atoms with Gasteiger partial charge in [-0.15, -0.1) is 0 Å². The summed E-state index contributed by atoms with van der Waals surface area (Å²) in [6.45, 7) is 8.69. The van der Waals surface area contributed by atoms with Crippen LogP contribution in [0.5, 0.6) is 11.5 Å². The Hall–Kier alpha value is -1.38. The van der Waals surface area contributed by atoms with Crippen LogP contribution in [0.4, 0.5) is 0 Å². The summed E-state index contributed by atoms with van der Waals surface area (Å²) in [5, 5.41) is 0. The molecule has 1 heterocycles. The number of fused-ring (bicyclic) bond motifs is 1. The van der Waals surface area contributed by atoms with E-state index in [1.807, 2.05) is 24.3 Å². The third-order valence-electron chi connectivity index (χ3n) is 2.65. The number of rotatable bonds is 2. The predicted molar refractivity (Wildman–Crippen MR) is 71.3 cm³/mol. The van der Waals surface area contributed by atoms with E-state index >= 15 is 0 Å². The van der Waals surface area contributed by atoms with Gasteiger partial charge in [-0.25, -0.2) is 0 Å². The molecule has 0 atom stereocenters. The Morgan fingerprint density at radius 1 is 1.18 bits per heavy atom. The Morgan fingerprint density at radius 2 is 1.71 bits per heavy atom. The summed E-state index contributed by atoms with van der Waals surface area (Å²) in [5.74, 6) is 1.68. The molecule has 0 saturated heterocycles. The topological polar surface area (TPSA) is 18.5 Å². The van der Waals surface area contributed by atoms with Gasteiger partial charge in [0, 0.05) is 0 Å². The molecule has 1 aliphatic heterocycles. The summed E-state index contributed by atoms with van der Waals surface area (Å²) in [7, 11) is -0.253.